The third-order valence-corrected chi connectivity index (χ3v) is 6.86. The Morgan fingerprint density at radius 3 is 2.35 bits per heavy atom. The first-order chi connectivity index (χ1) is 16.4. The molecule has 2 aromatic carbocycles. The number of benzene rings is 2. The molecule has 1 N–H and O–H groups in total. The predicted octanol–water partition coefficient (Wildman–Crippen LogP) is 5.47. The SMILES string of the molecule is CCCOc1ccc(C2/C(=C(\O)c3cc(C)c(OC)cc3C)C(=O)C(=O)N2C2CCCC2)cc1. The first kappa shape index (κ1) is 23.9. The third kappa shape index (κ3) is 4.29. The van der Waals surface area contributed by atoms with Gasteiger partial charge in [0.15, 0.2) is 0 Å². The van der Waals surface area contributed by atoms with Crippen molar-refractivity contribution in [3.05, 3.63) is 64.2 Å². The van der Waals surface area contributed by atoms with Crippen molar-refractivity contribution in [1.82, 2.24) is 4.90 Å². The Labute approximate surface area is 201 Å². The highest BCUT2D eigenvalue weighted by Crippen LogP contribution is 2.44. The van der Waals surface area contributed by atoms with E-state index < -0.39 is 17.7 Å². The minimum atomic E-state index is -0.634. The fourth-order valence-electron chi connectivity index (χ4n) is 5.11. The van der Waals surface area contributed by atoms with Crippen molar-refractivity contribution >= 4 is 17.4 Å². The summed E-state index contributed by atoms with van der Waals surface area (Å²) >= 11 is 0. The highest BCUT2D eigenvalue weighted by molar-refractivity contribution is 6.46. The summed E-state index contributed by atoms with van der Waals surface area (Å²) in [6.45, 7) is 6.42. The number of methoxy groups -OCH3 is 1. The van der Waals surface area contributed by atoms with Gasteiger partial charge in [0.05, 0.1) is 25.3 Å². The minimum absolute atomic E-state index is 0.0125. The Kier molecular flexibility index (Phi) is 6.96. The molecular weight excluding hydrogens is 430 g/mol. The Morgan fingerprint density at radius 1 is 1.06 bits per heavy atom. The van der Waals surface area contributed by atoms with E-state index in [9.17, 15) is 14.7 Å². The molecule has 180 valence electrons. The monoisotopic (exact) mass is 463 g/mol. The molecule has 0 radical (unpaired) electrons. The molecule has 0 bridgehead atoms. The maximum Gasteiger partial charge on any atom is 0.295 e. The van der Waals surface area contributed by atoms with E-state index in [1.807, 2.05) is 57.2 Å². The quantitative estimate of drug-likeness (QED) is 0.335. The predicted molar refractivity (Wildman–Crippen MR) is 131 cm³/mol. The van der Waals surface area contributed by atoms with Gasteiger partial charge in [0.2, 0.25) is 0 Å². The molecule has 6 heteroatoms. The second-order valence-corrected chi connectivity index (χ2v) is 9.20. The Balaban J connectivity index is 1.84. The summed E-state index contributed by atoms with van der Waals surface area (Å²) in [6, 6.07) is 10.5. The topological polar surface area (TPSA) is 76.1 Å². The van der Waals surface area contributed by atoms with Gasteiger partial charge in [-0.3, -0.25) is 9.59 Å². The van der Waals surface area contributed by atoms with E-state index in [-0.39, 0.29) is 17.4 Å². The summed E-state index contributed by atoms with van der Waals surface area (Å²) in [6.07, 6.45) is 4.69. The summed E-state index contributed by atoms with van der Waals surface area (Å²) in [4.78, 5) is 28.3. The zero-order valence-corrected chi connectivity index (χ0v) is 20.4. The normalized spacial score (nSPS) is 20.2. The number of Topliss-reactive ketones (excluding diaryl/α,β-unsaturated/α-hetero) is 1. The van der Waals surface area contributed by atoms with Gasteiger partial charge in [-0.25, -0.2) is 0 Å². The molecule has 1 heterocycles. The Bertz CT molecular complexity index is 1110. The van der Waals surface area contributed by atoms with Crippen LogP contribution in [0.5, 0.6) is 11.5 Å². The molecule has 0 aromatic heterocycles. The first-order valence-corrected chi connectivity index (χ1v) is 12.1. The maximum atomic E-state index is 13.3. The lowest BCUT2D eigenvalue weighted by Gasteiger charge is -2.31. The summed E-state index contributed by atoms with van der Waals surface area (Å²) in [5, 5.41) is 11.5. The molecular formula is C28H33NO5. The number of amides is 1. The van der Waals surface area contributed by atoms with Crippen molar-refractivity contribution in [2.45, 2.75) is 65.0 Å². The highest BCUT2D eigenvalue weighted by Gasteiger charge is 2.49. The number of ether oxygens (including phenoxy) is 2. The molecule has 6 nitrogen and oxygen atoms in total. The number of aliphatic hydroxyl groups is 1. The molecule has 1 saturated heterocycles. The fourth-order valence-corrected chi connectivity index (χ4v) is 5.11. The number of aliphatic hydroxyl groups excluding tert-OH is 1. The van der Waals surface area contributed by atoms with Crippen molar-refractivity contribution in [3.63, 3.8) is 0 Å². The van der Waals surface area contributed by atoms with Crippen molar-refractivity contribution in [3.8, 4) is 11.5 Å². The number of carbonyl (C=O) groups is 2. The molecule has 2 aliphatic rings. The average Bonchev–Trinajstić information content (AvgIpc) is 3.45. The number of hydrogen-bond acceptors (Lipinski definition) is 5. The van der Waals surface area contributed by atoms with Gasteiger partial charge in [-0.1, -0.05) is 31.9 Å². The molecule has 1 aliphatic heterocycles. The van der Waals surface area contributed by atoms with Crippen LogP contribution in [0.4, 0.5) is 0 Å². The van der Waals surface area contributed by atoms with E-state index >= 15 is 0 Å². The van der Waals surface area contributed by atoms with E-state index in [4.69, 9.17) is 9.47 Å². The molecule has 1 unspecified atom stereocenters. The number of aryl methyl sites for hydroxylation is 2. The Hall–Kier alpha value is -3.28. The average molecular weight is 464 g/mol. The van der Waals surface area contributed by atoms with Crippen LogP contribution in [0, 0.1) is 13.8 Å². The molecule has 1 amide bonds. The number of hydrogen-bond donors (Lipinski definition) is 1. The molecule has 0 spiro atoms. The molecule has 2 fully saturated rings. The smallest absolute Gasteiger partial charge is 0.295 e. The van der Waals surface area contributed by atoms with Crippen LogP contribution in [0.2, 0.25) is 0 Å². The number of rotatable bonds is 7. The van der Waals surface area contributed by atoms with Gasteiger partial charge in [-0.05, 0) is 74.1 Å². The number of carbonyl (C=O) groups excluding carboxylic acids is 2. The van der Waals surface area contributed by atoms with Gasteiger partial charge in [0.1, 0.15) is 17.3 Å². The van der Waals surface area contributed by atoms with E-state index in [2.05, 4.69) is 0 Å². The molecule has 1 atom stereocenters. The Morgan fingerprint density at radius 2 is 1.74 bits per heavy atom. The van der Waals surface area contributed by atoms with E-state index in [1.165, 1.54) is 0 Å². The second-order valence-electron chi connectivity index (χ2n) is 9.20. The van der Waals surface area contributed by atoms with Crippen LogP contribution in [-0.4, -0.2) is 41.5 Å². The van der Waals surface area contributed by atoms with Gasteiger partial charge in [-0.2, -0.15) is 0 Å². The summed E-state index contributed by atoms with van der Waals surface area (Å²) in [7, 11) is 1.60. The van der Waals surface area contributed by atoms with Crippen molar-refractivity contribution in [2.75, 3.05) is 13.7 Å². The van der Waals surface area contributed by atoms with Crippen LogP contribution in [0.15, 0.2) is 42.0 Å². The van der Waals surface area contributed by atoms with Crippen molar-refractivity contribution < 1.29 is 24.2 Å². The van der Waals surface area contributed by atoms with Crippen LogP contribution < -0.4 is 9.47 Å². The number of ketones is 1. The molecule has 4 rings (SSSR count). The van der Waals surface area contributed by atoms with Gasteiger partial charge in [-0.15, -0.1) is 0 Å². The van der Waals surface area contributed by atoms with E-state index in [0.29, 0.717) is 17.9 Å². The third-order valence-electron chi connectivity index (χ3n) is 6.86. The highest BCUT2D eigenvalue weighted by atomic mass is 16.5. The van der Waals surface area contributed by atoms with Crippen LogP contribution in [0.3, 0.4) is 0 Å². The standard InChI is InChI=1S/C28H33NO5/c1-5-14-34-21-12-10-19(11-13-21)25-24(27(31)28(32)29(25)20-8-6-7-9-20)26(30)22-15-18(3)23(33-4)16-17(22)2/h10-13,15-16,20,25,30H,5-9,14H2,1-4H3/b26-24+. The number of nitrogens with zero attached hydrogens (tertiary/aromatic N) is 1. The van der Waals surface area contributed by atoms with Gasteiger partial charge in [0, 0.05) is 11.6 Å². The molecule has 34 heavy (non-hydrogen) atoms. The zero-order chi connectivity index (χ0) is 24.4. The lowest BCUT2D eigenvalue weighted by atomic mass is 9.92. The lowest BCUT2D eigenvalue weighted by molar-refractivity contribution is -0.141. The number of likely N-dealkylation sites (tertiary alicyclic amines) is 1. The first-order valence-electron chi connectivity index (χ1n) is 12.1. The van der Waals surface area contributed by atoms with Crippen LogP contribution >= 0.6 is 0 Å². The lowest BCUT2D eigenvalue weighted by Crippen LogP contribution is -2.37. The zero-order valence-electron chi connectivity index (χ0n) is 20.4. The summed E-state index contributed by atoms with van der Waals surface area (Å²) < 4.78 is 11.1. The molecule has 2 aromatic rings. The van der Waals surface area contributed by atoms with E-state index in [0.717, 1.165) is 54.5 Å². The largest absolute Gasteiger partial charge is 0.507 e. The van der Waals surface area contributed by atoms with Crippen molar-refractivity contribution in [1.29, 1.82) is 0 Å². The van der Waals surface area contributed by atoms with Gasteiger partial charge < -0.3 is 19.5 Å². The minimum Gasteiger partial charge on any atom is -0.507 e. The van der Waals surface area contributed by atoms with Crippen LogP contribution in [-0.2, 0) is 9.59 Å². The molecule has 1 saturated carbocycles. The fraction of sp³-hybridized carbons (Fsp3) is 0.429. The van der Waals surface area contributed by atoms with Crippen LogP contribution in [0.25, 0.3) is 5.76 Å². The summed E-state index contributed by atoms with van der Waals surface area (Å²) in [5.74, 6) is 0.143. The van der Waals surface area contributed by atoms with Crippen LogP contribution in [0.1, 0.15) is 67.3 Å². The molecule has 1 aliphatic carbocycles. The summed E-state index contributed by atoms with van der Waals surface area (Å²) in [5.41, 5.74) is 3.09. The second kappa shape index (κ2) is 9.92. The van der Waals surface area contributed by atoms with E-state index in [1.54, 1.807) is 12.0 Å². The van der Waals surface area contributed by atoms with Gasteiger partial charge in [0.25, 0.3) is 11.7 Å². The van der Waals surface area contributed by atoms with Crippen molar-refractivity contribution in [2.24, 2.45) is 0 Å². The van der Waals surface area contributed by atoms with Gasteiger partial charge >= 0.3 is 0 Å². The maximum absolute atomic E-state index is 13.3.